The van der Waals surface area contributed by atoms with E-state index in [1.165, 1.54) is 6.21 Å². The summed E-state index contributed by atoms with van der Waals surface area (Å²) in [5.41, 5.74) is 4.19. The first-order chi connectivity index (χ1) is 15.0. The van der Waals surface area contributed by atoms with Crippen molar-refractivity contribution < 1.29 is 19.0 Å². The van der Waals surface area contributed by atoms with Crippen molar-refractivity contribution in [3.05, 3.63) is 87.4 Å². The van der Waals surface area contributed by atoms with Gasteiger partial charge in [-0.3, -0.25) is 4.79 Å². The molecule has 160 valence electrons. The van der Waals surface area contributed by atoms with E-state index in [9.17, 15) is 4.79 Å². The van der Waals surface area contributed by atoms with Gasteiger partial charge in [0, 0.05) is 9.50 Å². The summed E-state index contributed by atoms with van der Waals surface area (Å²) in [6.45, 7) is 0.228. The fourth-order valence-electron chi connectivity index (χ4n) is 2.52. The van der Waals surface area contributed by atoms with Gasteiger partial charge in [-0.05, 0) is 65.7 Å². The smallest absolute Gasteiger partial charge is 0.277 e. The lowest BCUT2D eigenvalue weighted by atomic mass is 10.2. The molecule has 6 nitrogen and oxygen atoms in total. The number of benzene rings is 3. The van der Waals surface area contributed by atoms with Crippen LogP contribution in [0.1, 0.15) is 11.1 Å². The van der Waals surface area contributed by atoms with Crippen molar-refractivity contribution in [3.8, 4) is 17.2 Å². The number of halogens is 2. The number of carbonyl (C=O) groups excluding carboxylic acids is 1. The molecule has 0 heterocycles. The molecule has 8 heteroatoms. The fourth-order valence-corrected chi connectivity index (χ4v) is 2.91. The lowest BCUT2D eigenvalue weighted by Crippen LogP contribution is -2.24. The van der Waals surface area contributed by atoms with Crippen molar-refractivity contribution in [2.24, 2.45) is 5.10 Å². The minimum atomic E-state index is -0.383. The Hall–Kier alpha value is -3.03. The number of nitrogens with zero attached hydrogens (tertiary/aromatic N) is 1. The van der Waals surface area contributed by atoms with Gasteiger partial charge in [0.15, 0.2) is 18.1 Å². The number of nitrogens with one attached hydrogen (secondary N) is 1. The highest BCUT2D eigenvalue weighted by atomic mass is 79.9. The van der Waals surface area contributed by atoms with E-state index in [4.69, 9.17) is 25.8 Å². The van der Waals surface area contributed by atoms with E-state index >= 15 is 0 Å². The van der Waals surface area contributed by atoms with Gasteiger partial charge in [0.05, 0.1) is 13.3 Å². The first-order valence-electron chi connectivity index (χ1n) is 9.29. The third-order valence-electron chi connectivity index (χ3n) is 4.08. The van der Waals surface area contributed by atoms with Crippen LogP contribution >= 0.6 is 27.5 Å². The predicted molar refractivity (Wildman–Crippen MR) is 124 cm³/mol. The summed E-state index contributed by atoms with van der Waals surface area (Å²) >= 11 is 9.23. The fraction of sp³-hybridized carbons (Fsp3) is 0.130. The van der Waals surface area contributed by atoms with Gasteiger partial charge in [0.25, 0.3) is 5.91 Å². The Labute approximate surface area is 193 Å². The monoisotopic (exact) mass is 502 g/mol. The van der Waals surface area contributed by atoms with Crippen LogP contribution in [-0.4, -0.2) is 25.8 Å². The molecule has 1 N–H and O–H groups in total. The maximum Gasteiger partial charge on any atom is 0.277 e. The van der Waals surface area contributed by atoms with Crippen molar-refractivity contribution in [1.82, 2.24) is 5.43 Å². The van der Waals surface area contributed by atoms with Crippen LogP contribution in [-0.2, 0) is 11.4 Å². The van der Waals surface area contributed by atoms with Crippen LogP contribution in [0.5, 0.6) is 17.2 Å². The van der Waals surface area contributed by atoms with E-state index < -0.39 is 0 Å². The molecule has 0 spiro atoms. The lowest BCUT2D eigenvalue weighted by molar-refractivity contribution is -0.123. The predicted octanol–water partition coefficient (Wildman–Crippen LogP) is 5.22. The summed E-state index contributed by atoms with van der Waals surface area (Å²) in [5, 5.41) is 4.56. The van der Waals surface area contributed by atoms with E-state index in [0.29, 0.717) is 28.9 Å². The average molecular weight is 504 g/mol. The largest absolute Gasteiger partial charge is 0.493 e. The van der Waals surface area contributed by atoms with Gasteiger partial charge in [-0.2, -0.15) is 5.10 Å². The van der Waals surface area contributed by atoms with Crippen LogP contribution in [0.4, 0.5) is 0 Å². The molecular weight excluding hydrogens is 484 g/mol. The number of amides is 1. The summed E-state index contributed by atoms with van der Waals surface area (Å²) < 4.78 is 17.6. The Morgan fingerprint density at radius 1 is 1.03 bits per heavy atom. The molecule has 0 saturated carbocycles. The van der Waals surface area contributed by atoms with E-state index in [-0.39, 0.29) is 12.5 Å². The van der Waals surface area contributed by atoms with Crippen molar-refractivity contribution in [2.75, 3.05) is 13.7 Å². The van der Waals surface area contributed by atoms with Crippen molar-refractivity contribution in [3.63, 3.8) is 0 Å². The van der Waals surface area contributed by atoms with Crippen LogP contribution in [0.15, 0.2) is 76.3 Å². The molecule has 0 atom stereocenters. The molecule has 0 radical (unpaired) electrons. The standard InChI is InChI=1S/C23H20BrClN2O4/c1-29-21-11-4-17(12-22(21)31-14-16-2-5-18(24)6-3-16)13-26-27-23(28)15-30-20-9-7-19(25)8-10-20/h2-13H,14-15H2,1H3,(H,27,28)/b26-13-. The normalized spacial score (nSPS) is 10.7. The Bertz CT molecular complexity index is 1040. The summed E-state index contributed by atoms with van der Waals surface area (Å²) in [7, 11) is 1.58. The zero-order chi connectivity index (χ0) is 22.1. The van der Waals surface area contributed by atoms with Gasteiger partial charge < -0.3 is 14.2 Å². The van der Waals surface area contributed by atoms with E-state index in [0.717, 1.165) is 15.6 Å². The van der Waals surface area contributed by atoms with Gasteiger partial charge in [0.1, 0.15) is 12.4 Å². The molecule has 0 aliphatic carbocycles. The molecule has 3 aromatic carbocycles. The molecule has 0 aliphatic heterocycles. The summed E-state index contributed by atoms with van der Waals surface area (Å²) in [4.78, 5) is 11.9. The third-order valence-corrected chi connectivity index (χ3v) is 4.86. The average Bonchev–Trinajstić information content (AvgIpc) is 2.78. The van der Waals surface area contributed by atoms with Crippen LogP contribution < -0.4 is 19.6 Å². The van der Waals surface area contributed by atoms with Crippen LogP contribution in [0, 0.1) is 0 Å². The highest BCUT2D eigenvalue weighted by Crippen LogP contribution is 2.28. The first kappa shape index (κ1) is 22.7. The zero-order valence-electron chi connectivity index (χ0n) is 16.7. The molecular formula is C23H20BrClN2O4. The van der Waals surface area contributed by atoms with Gasteiger partial charge >= 0.3 is 0 Å². The molecule has 0 fully saturated rings. The van der Waals surface area contributed by atoms with Crippen LogP contribution in [0.25, 0.3) is 0 Å². The van der Waals surface area contributed by atoms with Crippen molar-refractivity contribution >= 4 is 39.7 Å². The number of methoxy groups -OCH3 is 1. The number of hydrogen-bond donors (Lipinski definition) is 1. The molecule has 0 aliphatic rings. The Morgan fingerprint density at radius 3 is 2.48 bits per heavy atom. The molecule has 3 rings (SSSR count). The van der Waals surface area contributed by atoms with Gasteiger partial charge in [0.2, 0.25) is 0 Å². The van der Waals surface area contributed by atoms with Gasteiger partial charge in [-0.25, -0.2) is 5.43 Å². The second-order valence-corrected chi connectivity index (χ2v) is 7.71. The molecule has 0 bridgehead atoms. The molecule has 3 aromatic rings. The minimum Gasteiger partial charge on any atom is -0.493 e. The SMILES string of the molecule is COc1ccc(/C=N\NC(=O)COc2ccc(Cl)cc2)cc1OCc1ccc(Br)cc1. The topological polar surface area (TPSA) is 69.2 Å². The molecule has 0 aromatic heterocycles. The summed E-state index contributed by atoms with van der Waals surface area (Å²) in [6, 6.07) is 20.0. The summed E-state index contributed by atoms with van der Waals surface area (Å²) in [5.74, 6) is 1.35. The zero-order valence-corrected chi connectivity index (χ0v) is 19.0. The molecule has 0 unspecified atom stereocenters. The number of ether oxygens (including phenoxy) is 3. The number of hydrazone groups is 1. The van der Waals surface area contributed by atoms with E-state index in [1.807, 2.05) is 30.3 Å². The van der Waals surface area contributed by atoms with Crippen LogP contribution in [0.2, 0.25) is 5.02 Å². The molecule has 0 saturated heterocycles. The second-order valence-electron chi connectivity index (χ2n) is 6.36. The first-order valence-corrected chi connectivity index (χ1v) is 10.5. The maximum absolute atomic E-state index is 11.9. The van der Waals surface area contributed by atoms with Crippen molar-refractivity contribution in [1.29, 1.82) is 0 Å². The summed E-state index contributed by atoms with van der Waals surface area (Å²) in [6.07, 6.45) is 1.52. The Morgan fingerprint density at radius 2 is 1.77 bits per heavy atom. The quantitative estimate of drug-likeness (QED) is 0.321. The van der Waals surface area contributed by atoms with Crippen LogP contribution in [0.3, 0.4) is 0 Å². The highest BCUT2D eigenvalue weighted by Gasteiger charge is 2.06. The minimum absolute atomic E-state index is 0.164. The van der Waals surface area contributed by atoms with E-state index in [2.05, 4.69) is 26.5 Å². The van der Waals surface area contributed by atoms with E-state index in [1.54, 1.807) is 43.5 Å². The third kappa shape index (κ3) is 7.31. The van der Waals surface area contributed by atoms with Crippen molar-refractivity contribution in [2.45, 2.75) is 6.61 Å². The molecule has 31 heavy (non-hydrogen) atoms. The molecule has 1 amide bonds. The maximum atomic E-state index is 11.9. The lowest BCUT2D eigenvalue weighted by Gasteiger charge is -2.11. The number of rotatable bonds is 9. The highest BCUT2D eigenvalue weighted by molar-refractivity contribution is 9.10. The van der Waals surface area contributed by atoms with Gasteiger partial charge in [-0.15, -0.1) is 0 Å². The Balaban J connectivity index is 1.54. The Kier molecular flexibility index (Phi) is 8.32. The van der Waals surface area contributed by atoms with Gasteiger partial charge in [-0.1, -0.05) is 39.7 Å². The number of hydrogen-bond acceptors (Lipinski definition) is 5. The second kappa shape index (κ2) is 11.4. The number of carbonyl (C=O) groups is 1.